The summed E-state index contributed by atoms with van der Waals surface area (Å²) >= 11 is 0. The first kappa shape index (κ1) is 21.1. The van der Waals surface area contributed by atoms with Crippen LogP contribution in [0.25, 0.3) is 11.0 Å². The molecule has 1 aliphatic heterocycles. The Morgan fingerprint density at radius 3 is 2.66 bits per heavy atom. The first-order valence-corrected chi connectivity index (χ1v) is 10.2. The van der Waals surface area contributed by atoms with Gasteiger partial charge in [-0.25, -0.2) is 9.78 Å². The van der Waals surface area contributed by atoms with Crippen molar-refractivity contribution in [2.75, 3.05) is 42.9 Å². The second-order valence-electron chi connectivity index (χ2n) is 7.30. The smallest absolute Gasteiger partial charge is 0.404 e. The third-order valence-electron chi connectivity index (χ3n) is 5.31. The number of H-pyrrole nitrogens is 1. The number of aromatic amines is 1. The Morgan fingerprint density at radius 2 is 1.94 bits per heavy atom. The molecule has 0 bridgehead atoms. The molecule has 11 heteroatoms. The molecule has 0 radical (unpaired) electrons. The first-order valence-electron chi connectivity index (χ1n) is 10.2. The molecule has 166 valence electrons. The fourth-order valence-electron chi connectivity index (χ4n) is 3.72. The van der Waals surface area contributed by atoms with Gasteiger partial charge >= 0.3 is 6.09 Å². The van der Waals surface area contributed by atoms with Crippen molar-refractivity contribution in [3.05, 3.63) is 48.5 Å². The topological polar surface area (TPSA) is 144 Å². The predicted octanol–water partition coefficient (Wildman–Crippen LogP) is 1.52. The van der Waals surface area contributed by atoms with Crippen LogP contribution < -0.4 is 15.5 Å². The monoisotopic (exact) mass is 437 g/mol. The van der Waals surface area contributed by atoms with Gasteiger partial charge < -0.3 is 30.5 Å². The molecule has 4 rings (SSSR count). The van der Waals surface area contributed by atoms with E-state index in [1.54, 1.807) is 35.6 Å². The summed E-state index contributed by atoms with van der Waals surface area (Å²) in [6.07, 6.45) is 5.53. The molecule has 4 N–H and O–H groups in total. The van der Waals surface area contributed by atoms with Gasteiger partial charge in [0.1, 0.15) is 5.65 Å². The Morgan fingerprint density at radius 1 is 1.12 bits per heavy atom. The number of carboxylic acid groups (broad SMARTS) is 1. The largest absolute Gasteiger partial charge is 0.465 e. The van der Waals surface area contributed by atoms with Gasteiger partial charge in [0.25, 0.3) is 5.91 Å². The highest BCUT2D eigenvalue weighted by Gasteiger charge is 2.24. The third kappa shape index (κ3) is 4.61. The fraction of sp³-hybridized carbons (Fsp3) is 0.286. The number of piperazine rings is 1. The van der Waals surface area contributed by atoms with E-state index >= 15 is 0 Å². The minimum absolute atomic E-state index is 0.0793. The van der Waals surface area contributed by atoms with E-state index in [1.807, 2.05) is 6.07 Å². The maximum atomic E-state index is 12.6. The number of anilines is 2. The second kappa shape index (κ2) is 9.33. The Hall–Kier alpha value is -4.15. The molecule has 32 heavy (non-hydrogen) atoms. The number of nitrogens with one attached hydrogen (secondary N) is 3. The van der Waals surface area contributed by atoms with Gasteiger partial charge in [0.05, 0.1) is 22.3 Å². The molecule has 0 aliphatic carbocycles. The molecule has 4 heterocycles. The van der Waals surface area contributed by atoms with Crippen LogP contribution in [0.5, 0.6) is 0 Å². The lowest BCUT2D eigenvalue weighted by atomic mass is 10.2. The van der Waals surface area contributed by atoms with E-state index in [0.29, 0.717) is 43.1 Å². The Labute approximate surface area is 183 Å². The Balaban J connectivity index is 1.46. The van der Waals surface area contributed by atoms with Crippen molar-refractivity contribution in [3.63, 3.8) is 0 Å². The number of hydrogen-bond donors (Lipinski definition) is 4. The zero-order valence-corrected chi connectivity index (χ0v) is 17.2. The lowest BCUT2D eigenvalue weighted by Crippen LogP contribution is -2.49. The Kier molecular flexibility index (Phi) is 6.15. The van der Waals surface area contributed by atoms with Crippen LogP contribution in [0.4, 0.5) is 16.2 Å². The molecule has 3 aromatic heterocycles. The van der Waals surface area contributed by atoms with Gasteiger partial charge in [-0.15, -0.1) is 0 Å². The highest BCUT2D eigenvalue weighted by atomic mass is 16.4. The van der Waals surface area contributed by atoms with Gasteiger partial charge in [-0.1, -0.05) is 0 Å². The molecule has 3 aromatic rings. The van der Waals surface area contributed by atoms with E-state index in [9.17, 15) is 14.4 Å². The molecule has 0 saturated carbocycles. The number of fused-ring (bicyclic) bond motifs is 1. The van der Waals surface area contributed by atoms with Crippen molar-refractivity contribution in [1.82, 2.24) is 25.2 Å². The van der Waals surface area contributed by atoms with Crippen molar-refractivity contribution in [3.8, 4) is 0 Å². The van der Waals surface area contributed by atoms with Crippen molar-refractivity contribution in [1.29, 1.82) is 0 Å². The molecule has 1 saturated heterocycles. The number of nitrogens with zero attached hydrogens (tertiary/aromatic N) is 4. The fourth-order valence-corrected chi connectivity index (χ4v) is 3.72. The normalized spacial score (nSPS) is 13.8. The average Bonchev–Trinajstić information content (AvgIpc) is 3.22. The van der Waals surface area contributed by atoms with Crippen LogP contribution in [0.3, 0.4) is 0 Å². The quantitative estimate of drug-likeness (QED) is 0.458. The number of rotatable bonds is 6. The highest BCUT2D eigenvalue weighted by molar-refractivity contribution is 6.11. The molecule has 0 unspecified atom stereocenters. The molecule has 3 amide bonds. The summed E-state index contributed by atoms with van der Waals surface area (Å²) in [7, 11) is 0. The van der Waals surface area contributed by atoms with Gasteiger partial charge in [-0.3, -0.25) is 14.6 Å². The molecule has 11 nitrogen and oxygen atoms in total. The van der Waals surface area contributed by atoms with Crippen molar-refractivity contribution < 1.29 is 19.5 Å². The number of pyridine rings is 2. The molecule has 0 atom stereocenters. The standard InChI is InChI=1S/C21H23N7O4/c29-17(4-7-24-21(31)32)28-10-8-27(9-11-28)16-3-6-23-19-18(16)15(13-25-19)26-20(30)14-2-1-5-22-12-14/h1-3,5-6,12-13,24H,4,7-11H2,(H,23,25)(H,26,30)(H,31,32). The molecule has 1 fully saturated rings. The van der Waals surface area contributed by atoms with Crippen LogP contribution in [0.1, 0.15) is 16.8 Å². The summed E-state index contributed by atoms with van der Waals surface area (Å²) < 4.78 is 0. The summed E-state index contributed by atoms with van der Waals surface area (Å²) in [6, 6.07) is 5.29. The zero-order chi connectivity index (χ0) is 22.5. The maximum Gasteiger partial charge on any atom is 0.404 e. The molecule has 0 spiro atoms. The van der Waals surface area contributed by atoms with Crippen LogP contribution in [0, 0.1) is 0 Å². The molecule has 0 aromatic carbocycles. The lowest BCUT2D eigenvalue weighted by molar-refractivity contribution is -0.131. The van der Waals surface area contributed by atoms with E-state index in [0.717, 1.165) is 11.1 Å². The van der Waals surface area contributed by atoms with Crippen LogP contribution in [0.2, 0.25) is 0 Å². The number of hydrogen-bond acceptors (Lipinski definition) is 6. The van der Waals surface area contributed by atoms with E-state index in [2.05, 4.69) is 30.5 Å². The average molecular weight is 437 g/mol. The van der Waals surface area contributed by atoms with Gasteiger partial charge in [0.2, 0.25) is 5.91 Å². The minimum atomic E-state index is -1.14. The van der Waals surface area contributed by atoms with Gasteiger partial charge in [0, 0.05) is 63.9 Å². The highest BCUT2D eigenvalue weighted by Crippen LogP contribution is 2.32. The van der Waals surface area contributed by atoms with Crippen LogP contribution in [0.15, 0.2) is 43.0 Å². The Bertz CT molecular complexity index is 1120. The van der Waals surface area contributed by atoms with Gasteiger partial charge in [0.15, 0.2) is 0 Å². The molecular weight excluding hydrogens is 414 g/mol. The van der Waals surface area contributed by atoms with Crippen molar-refractivity contribution in [2.24, 2.45) is 0 Å². The number of aromatic nitrogens is 3. The predicted molar refractivity (Wildman–Crippen MR) is 118 cm³/mol. The zero-order valence-electron chi connectivity index (χ0n) is 17.2. The van der Waals surface area contributed by atoms with E-state index in [-0.39, 0.29) is 24.8 Å². The minimum Gasteiger partial charge on any atom is -0.465 e. The van der Waals surface area contributed by atoms with Crippen LogP contribution >= 0.6 is 0 Å². The van der Waals surface area contributed by atoms with Crippen molar-refractivity contribution in [2.45, 2.75) is 6.42 Å². The summed E-state index contributed by atoms with van der Waals surface area (Å²) in [4.78, 5) is 50.8. The van der Waals surface area contributed by atoms with Crippen molar-refractivity contribution >= 4 is 40.3 Å². The lowest BCUT2D eigenvalue weighted by Gasteiger charge is -2.36. The number of carbonyl (C=O) groups excluding carboxylic acids is 2. The first-order chi connectivity index (χ1) is 15.5. The van der Waals surface area contributed by atoms with Crippen LogP contribution in [-0.2, 0) is 4.79 Å². The van der Waals surface area contributed by atoms with Gasteiger partial charge in [-0.05, 0) is 18.2 Å². The molecule has 1 aliphatic rings. The summed E-state index contributed by atoms with van der Waals surface area (Å²) in [5.41, 5.74) is 2.65. The summed E-state index contributed by atoms with van der Waals surface area (Å²) in [5, 5.41) is 14.6. The van der Waals surface area contributed by atoms with Crippen LogP contribution in [-0.4, -0.2) is 75.6 Å². The van der Waals surface area contributed by atoms with E-state index in [1.165, 1.54) is 6.20 Å². The number of amides is 3. The second-order valence-corrected chi connectivity index (χ2v) is 7.30. The van der Waals surface area contributed by atoms with E-state index < -0.39 is 6.09 Å². The third-order valence-corrected chi connectivity index (χ3v) is 5.31. The summed E-state index contributed by atoms with van der Waals surface area (Å²) in [6.45, 7) is 2.37. The SMILES string of the molecule is O=C(O)NCCC(=O)N1CCN(c2ccnc3[nH]cc(NC(=O)c4cccnc4)c23)CC1. The van der Waals surface area contributed by atoms with E-state index in [4.69, 9.17) is 5.11 Å². The van der Waals surface area contributed by atoms with Gasteiger partial charge in [-0.2, -0.15) is 0 Å². The summed E-state index contributed by atoms with van der Waals surface area (Å²) in [5.74, 6) is -0.344. The number of carbonyl (C=O) groups is 3. The maximum absolute atomic E-state index is 12.6. The molecular formula is C21H23N7O4.